The van der Waals surface area contributed by atoms with Gasteiger partial charge in [0, 0.05) is 6.26 Å². The summed E-state index contributed by atoms with van der Waals surface area (Å²) >= 11 is 0. The molecule has 0 N–H and O–H groups in total. The van der Waals surface area contributed by atoms with Crippen molar-refractivity contribution in [3.8, 4) is 6.07 Å². The number of imide groups is 1. The number of anilines is 1. The summed E-state index contributed by atoms with van der Waals surface area (Å²) in [7, 11) is -3.80. The number of carbonyl (C=O) groups excluding carboxylic acids is 2. The summed E-state index contributed by atoms with van der Waals surface area (Å²) in [6, 6.07) is 11.3. The maximum atomic E-state index is 13.4. The van der Waals surface area contributed by atoms with Gasteiger partial charge < -0.3 is 0 Å². The maximum Gasteiger partial charge on any atom is 0.417 e. The Kier molecular flexibility index (Phi) is 5.31. The molecule has 2 aromatic carbocycles. The van der Waals surface area contributed by atoms with Gasteiger partial charge in [-0.15, -0.1) is 0 Å². The van der Waals surface area contributed by atoms with Crippen molar-refractivity contribution in [3.63, 3.8) is 0 Å². The van der Waals surface area contributed by atoms with Gasteiger partial charge in [-0.1, -0.05) is 24.3 Å². The minimum Gasteiger partial charge on any atom is -0.291 e. The predicted octanol–water partition coefficient (Wildman–Crippen LogP) is 3.06. The van der Waals surface area contributed by atoms with Crippen LogP contribution in [0.4, 0.5) is 23.7 Å². The molecule has 1 unspecified atom stereocenters. The van der Waals surface area contributed by atoms with Crippen LogP contribution in [0, 0.1) is 17.4 Å². The number of alkyl halides is 3. The Bertz CT molecular complexity index is 1210. The second kappa shape index (κ2) is 7.39. The van der Waals surface area contributed by atoms with Gasteiger partial charge in [-0.2, -0.15) is 18.4 Å². The van der Waals surface area contributed by atoms with Crippen molar-refractivity contribution in [1.29, 1.82) is 5.26 Å². The highest BCUT2D eigenvalue weighted by atomic mass is 32.2. The summed E-state index contributed by atoms with van der Waals surface area (Å²) in [6.07, 6.45) is -4.03. The number of amides is 3. The van der Waals surface area contributed by atoms with Crippen LogP contribution in [-0.4, -0.2) is 37.4 Å². The molecule has 31 heavy (non-hydrogen) atoms. The van der Waals surface area contributed by atoms with Gasteiger partial charge in [-0.05, 0) is 36.8 Å². The van der Waals surface area contributed by atoms with E-state index in [0.717, 1.165) is 23.3 Å². The first-order valence-corrected chi connectivity index (χ1v) is 10.8. The number of benzene rings is 2. The maximum absolute atomic E-state index is 13.4. The largest absolute Gasteiger partial charge is 0.417 e. The standard InChI is InChI=1S/C20H15F3N3O4S/c1-19(14-6-4-3-5-7-14)17(27)26(18(28)25(19)12-31(2,29)30)15-9-8-13(11-24)16(10-15)20(21,22)23/h4-10H,12H2,1-2H3. The van der Waals surface area contributed by atoms with Crippen LogP contribution in [0.2, 0.25) is 0 Å². The molecule has 161 valence electrons. The Morgan fingerprint density at radius 1 is 1.16 bits per heavy atom. The predicted molar refractivity (Wildman–Crippen MR) is 103 cm³/mol. The number of sulfone groups is 1. The van der Waals surface area contributed by atoms with E-state index in [1.807, 2.05) is 0 Å². The molecule has 3 rings (SSSR count). The first-order valence-electron chi connectivity index (χ1n) is 8.72. The number of hydrogen-bond acceptors (Lipinski definition) is 5. The molecular formula is C20H15F3N3O4S. The van der Waals surface area contributed by atoms with Crippen LogP contribution in [0.5, 0.6) is 0 Å². The van der Waals surface area contributed by atoms with Gasteiger partial charge in [0.2, 0.25) is 0 Å². The summed E-state index contributed by atoms with van der Waals surface area (Å²) in [5.74, 6) is -1.75. The lowest BCUT2D eigenvalue weighted by molar-refractivity contribution is -0.137. The molecule has 1 aliphatic rings. The highest BCUT2D eigenvalue weighted by Gasteiger charge is 2.56. The van der Waals surface area contributed by atoms with Gasteiger partial charge in [-0.25, -0.2) is 18.1 Å². The fraction of sp³-hybridized carbons (Fsp3) is 0.250. The number of rotatable bonds is 4. The van der Waals surface area contributed by atoms with Gasteiger partial charge >= 0.3 is 12.2 Å². The molecular weight excluding hydrogens is 435 g/mol. The number of urea groups is 1. The molecule has 2 aromatic rings. The molecule has 3 amide bonds. The lowest BCUT2D eigenvalue weighted by atomic mass is 9.90. The number of halogens is 3. The van der Waals surface area contributed by atoms with E-state index in [1.165, 1.54) is 37.3 Å². The second-order valence-electron chi connectivity index (χ2n) is 7.11. The Morgan fingerprint density at radius 2 is 1.77 bits per heavy atom. The summed E-state index contributed by atoms with van der Waals surface area (Å²) in [6.45, 7) is 1.32. The van der Waals surface area contributed by atoms with Gasteiger partial charge in [0.05, 0.1) is 22.9 Å². The molecule has 1 saturated heterocycles. The van der Waals surface area contributed by atoms with Gasteiger partial charge in [-0.3, -0.25) is 9.69 Å². The quantitative estimate of drug-likeness (QED) is 0.667. The number of nitrogens with zero attached hydrogens (tertiary/aromatic N) is 3. The highest BCUT2D eigenvalue weighted by molar-refractivity contribution is 7.90. The van der Waals surface area contributed by atoms with Crippen LogP contribution in [0.15, 0.2) is 42.5 Å². The number of hydrogen-bond donors (Lipinski definition) is 0. The molecule has 1 atom stereocenters. The van der Waals surface area contributed by atoms with E-state index >= 15 is 0 Å². The zero-order valence-corrected chi connectivity index (χ0v) is 17.1. The van der Waals surface area contributed by atoms with Crippen LogP contribution in [0.25, 0.3) is 0 Å². The third-order valence-electron chi connectivity index (χ3n) is 4.91. The summed E-state index contributed by atoms with van der Waals surface area (Å²) in [5.41, 5.74) is -3.94. The lowest BCUT2D eigenvalue weighted by Crippen LogP contribution is -2.46. The van der Waals surface area contributed by atoms with E-state index in [0.29, 0.717) is 11.0 Å². The SMILES string of the molecule is CC1(c2cc[c]cc2)C(=O)N(c2ccc(C#N)c(C(F)(F)F)c2)C(=O)N1CS(C)(=O)=O. The molecule has 0 aliphatic carbocycles. The normalized spacial score (nSPS) is 19.6. The minimum absolute atomic E-state index is 0.264. The van der Waals surface area contributed by atoms with Crippen molar-refractivity contribution in [2.24, 2.45) is 0 Å². The molecule has 0 saturated carbocycles. The molecule has 1 heterocycles. The van der Waals surface area contributed by atoms with Crippen LogP contribution in [-0.2, 0) is 26.3 Å². The topological polar surface area (TPSA) is 98.5 Å². The average Bonchev–Trinajstić information content (AvgIpc) is 2.88. The van der Waals surface area contributed by atoms with Crippen molar-refractivity contribution < 1.29 is 31.2 Å². The van der Waals surface area contributed by atoms with Crippen molar-refractivity contribution in [3.05, 3.63) is 65.2 Å². The third kappa shape index (κ3) is 3.86. The Hall–Kier alpha value is -3.39. The van der Waals surface area contributed by atoms with Crippen molar-refractivity contribution in [2.45, 2.75) is 18.6 Å². The fourth-order valence-corrected chi connectivity index (χ4v) is 4.21. The van der Waals surface area contributed by atoms with Crippen LogP contribution in [0.1, 0.15) is 23.6 Å². The highest BCUT2D eigenvalue weighted by Crippen LogP contribution is 2.41. The molecule has 1 aliphatic heterocycles. The van der Waals surface area contributed by atoms with Crippen molar-refractivity contribution in [2.75, 3.05) is 17.0 Å². The van der Waals surface area contributed by atoms with Crippen LogP contribution in [0.3, 0.4) is 0 Å². The molecule has 7 nitrogen and oxygen atoms in total. The van der Waals surface area contributed by atoms with E-state index in [9.17, 15) is 31.2 Å². The smallest absolute Gasteiger partial charge is 0.291 e. The second-order valence-corrected chi connectivity index (χ2v) is 9.22. The van der Waals surface area contributed by atoms with Gasteiger partial charge in [0.15, 0.2) is 9.84 Å². The molecule has 0 aromatic heterocycles. The van der Waals surface area contributed by atoms with E-state index < -0.39 is 56.2 Å². The van der Waals surface area contributed by atoms with Crippen LogP contribution >= 0.6 is 0 Å². The molecule has 0 spiro atoms. The Labute approximate surface area is 176 Å². The minimum atomic E-state index is -4.90. The van der Waals surface area contributed by atoms with E-state index in [4.69, 9.17) is 5.26 Å². The molecule has 1 radical (unpaired) electrons. The van der Waals surface area contributed by atoms with Crippen LogP contribution < -0.4 is 4.90 Å². The summed E-state index contributed by atoms with van der Waals surface area (Å²) < 4.78 is 64.1. The molecule has 1 fully saturated rings. The first kappa shape index (κ1) is 22.3. The van der Waals surface area contributed by atoms with Crippen molar-refractivity contribution in [1.82, 2.24) is 4.90 Å². The summed E-state index contributed by atoms with van der Waals surface area (Å²) in [4.78, 5) is 27.8. The Morgan fingerprint density at radius 3 is 2.29 bits per heavy atom. The third-order valence-corrected chi connectivity index (χ3v) is 5.64. The van der Waals surface area contributed by atoms with Gasteiger partial charge in [0.25, 0.3) is 5.91 Å². The monoisotopic (exact) mass is 450 g/mol. The van der Waals surface area contributed by atoms with E-state index in [-0.39, 0.29) is 5.56 Å². The van der Waals surface area contributed by atoms with E-state index in [2.05, 4.69) is 6.07 Å². The lowest BCUT2D eigenvalue weighted by Gasteiger charge is -2.31. The van der Waals surface area contributed by atoms with Gasteiger partial charge in [0.1, 0.15) is 11.4 Å². The molecule has 11 heteroatoms. The van der Waals surface area contributed by atoms with E-state index in [1.54, 1.807) is 0 Å². The average molecular weight is 450 g/mol. The Balaban J connectivity index is 2.21. The fourth-order valence-electron chi connectivity index (χ4n) is 3.37. The zero-order valence-electron chi connectivity index (χ0n) is 16.3. The summed E-state index contributed by atoms with van der Waals surface area (Å²) in [5, 5.41) is 8.97. The molecule has 0 bridgehead atoms. The number of carbonyl (C=O) groups is 2. The first-order chi connectivity index (χ1) is 14.3. The zero-order chi connectivity index (χ0) is 23.2. The number of nitriles is 1. The van der Waals surface area contributed by atoms with Crippen molar-refractivity contribution >= 4 is 27.5 Å².